The predicted octanol–water partition coefficient (Wildman–Crippen LogP) is 3.22. The Kier molecular flexibility index (Phi) is 3.90. The van der Waals surface area contributed by atoms with E-state index in [1.165, 1.54) is 11.1 Å². The first-order valence-corrected chi connectivity index (χ1v) is 5.12. The Labute approximate surface area is 86.6 Å². The van der Waals surface area contributed by atoms with Crippen LogP contribution in [0, 0.1) is 0 Å². The third kappa shape index (κ3) is 3.00. The van der Waals surface area contributed by atoms with Crippen LogP contribution in [0.3, 0.4) is 0 Å². The normalized spacial score (nSPS) is 12.5. The molecular weight excluding hydrogens is 170 g/mol. The largest absolute Gasteiger partial charge is 0.324 e. The van der Waals surface area contributed by atoms with Gasteiger partial charge < -0.3 is 5.73 Å². The predicted molar refractivity (Wildman–Crippen MR) is 62.2 cm³/mol. The molecule has 14 heavy (non-hydrogen) atoms. The van der Waals surface area contributed by atoms with Crippen molar-refractivity contribution in [3.63, 3.8) is 0 Å². The molecule has 0 aromatic heterocycles. The minimum atomic E-state index is 0.0957. The Morgan fingerprint density at radius 3 is 2.36 bits per heavy atom. The summed E-state index contributed by atoms with van der Waals surface area (Å²) in [6.45, 7) is 8.04. The summed E-state index contributed by atoms with van der Waals surface area (Å²) < 4.78 is 0. The lowest BCUT2D eigenvalue weighted by Crippen LogP contribution is -2.10. The first kappa shape index (κ1) is 11.0. The summed E-state index contributed by atoms with van der Waals surface area (Å²) in [6.07, 6.45) is 1.95. The Balaban J connectivity index is 2.71. The van der Waals surface area contributed by atoms with Crippen LogP contribution in [0.1, 0.15) is 37.4 Å². The monoisotopic (exact) mass is 189 g/mol. The average molecular weight is 189 g/mol. The average Bonchev–Trinajstić information content (AvgIpc) is 2.17. The highest BCUT2D eigenvalue weighted by molar-refractivity contribution is 5.25. The topological polar surface area (TPSA) is 26.0 Å². The van der Waals surface area contributed by atoms with E-state index < -0.39 is 0 Å². The summed E-state index contributed by atoms with van der Waals surface area (Å²) in [7, 11) is 0. The minimum absolute atomic E-state index is 0.0957. The summed E-state index contributed by atoms with van der Waals surface area (Å²) >= 11 is 0. The van der Waals surface area contributed by atoms with Crippen LogP contribution in [0.25, 0.3) is 0 Å². The van der Waals surface area contributed by atoms with Crippen molar-refractivity contribution in [3.05, 3.63) is 47.5 Å². The molecule has 1 rings (SSSR count). The second-order valence-corrected chi connectivity index (χ2v) is 3.86. The maximum Gasteiger partial charge on any atom is 0.0332 e. The molecular formula is C13H19N. The zero-order valence-electron chi connectivity index (χ0n) is 9.09. The van der Waals surface area contributed by atoms with Crippen molar-refractivity contribution in [1.29, 1.82) is 0 Å². The van der Waals surface area contributed by atoms with Gasteiger partial charge in [-0.05, 0) is 30.9 Å². The fourth-order valence-corrected chi connectivity index (χ4v) is 1.49. The van der Waals surface area contributed by atoms with Crippen LogP contribution in [0.5, 0.6) is 0 Å². The van der Waals surface area contributed by atoms with Crippen LogP contribution >= 0.6 is 0 Å². The lowest BCUT2D eigenvalue weighted by molar-refractivity contribution is 0.717. The minimum Gasteiger partial charge on any atom is -0.324 e. The summed E-state index contributed by atoms with van der Waals surface area (Å²) in [4.78, 5) is 0. The van der Waals surface area contributed by atoms with Gasteiger partial charge in [-0.1, -0.05) is 36.8 Å². The van der Waals surface area contributed by atoms with Gasteiger partial charge in [0, 0.05) is 6.04 Å². The van der Waals surface area contributed by atoms with E-state index in [9.17, 15) is 0 Å². The van der Waals surface area contributed by atoms with E-state index in [2.05, 4.69) is 37.8 Å². The van der Waals surface area contributed by atoms with Gasteiger partial charge in [0.15, 0.2) is 0 Å². The van der Waals surface area contributed by atoms with Gasteiger partial charge in [-0.25, -0.2) is 0 Å². The number of hydrogen-bond donors (Lipinski definition) is 1. The van der Waals surface area contributed by atoms with Gasteiger partial charge in [0.2, 0.25) is 0 Å². The molecule has 0 saturated carbocycles. The SMILES string of the molecule is C=C(C)C[C@@H](N)c1ccc(CC)cc1. The van der Waals surface area contributed by atoms with E-state index >= 15 is 0 Å². The van der Waals surface area contributed by atoms with Crippen LogP contribution in [0.2, 0.25) is 0 Å². The van der Waals surface area contributed by atoms with Gasteiger partial charge in [-0.15, -0.1) is 6.58 Å². The fourth-order valence-electron chi connectivity index (χ4n) is 1.49. The molecule has 1 atom stereocenters. The molecule has 2 N–H and O–H groups in total. The number of benzene rings is 1. The quantitative estimate of drug-likeness (QED) is 0.723. The maximum atomic E-state index is 6.03. The second-order valence-electron chi connectivity index (χ2n) is 3.86. The van der Waals surface area contributed by atoms with Crippen molar-refractivity contribution < 1.29 is 0 Å². The highest BCUT2D eigenvalue weighted by Gasteiger charge is 2.05. The molecule has 1 aromatic rings. The van der Waals surface area contributed by atoms with Crippen molar-refractivity contribution in [2.75, 3.05) is 0 Å². The van der Waals surface area contributed by atoms with Crippen molar-refractivity contribution in [2.45, 2.75) is 32.7 Å². The molecule has 0 bridgehead atoms. The fraction of sp³-hybridized carbons (Fsp3) is 0.385. The molecule has 0 amide bonds. The Bertz CT molecular complexity index is 298. The van der Waals surface area contributed by atoms with E-state index in [1.54, 1.807) is 0 Å². The van der Waals surface area contributed by atoms with Crippen LogP contribution in [-0.2, 0) is 6.42 Å². The van der Waals surface area contributed by atoms with Crippen LogP contribution in [-0.4, -0.2) is 0 Å². The van der Waals surface area contributed by atoms with Crippen molar-refractivity contribution in [2.24, 2.45) is 5.73 Å². The first-order valence-electron chi connectivity index (χ1n) is 5.12. The molecule has 0 aliphatic heterocycles. The molecule has 1 nitrogen and oxygen atoms in total. The highest BCUT2D eigenvalue weighted by Crippen LogP contribution is 2.18. The maximum absolute atomic E-state index is 6.03. The summed E-state index contributed by atoms with van der Waals surface area (Å²) in [5.41, 5.74) is 9.72. The molecule has 1 aromatic carbocycles. The molecule has 1 heteroatoms. The molecule has 0 saturated heterocycles. The molecule has 0 spiro atoms. The highest BCUT2D eigenvalue weighted by atomic mass is 14.6. The van der Waals surface area contributed by atoms with Gasteiger partial charge in [0.25, 0.3) is 0 Å². The number of hydrogen-bond acceptors (Lipinski definition) is 1. The number of rotatable bonds is 4. The van der Waals surface area contributed by atoms with Gasteiger partial charge in [0.05, 0.1) is 0 Å². The van der Waals surface area contributed by atoms with Crippen molar-refractivity contribution in [3.8, 4) is 0 Å². The molecule has 0 aliphatic carbocycles. The number of aryl methyl sites for hydroxylation is 1. The standard InChI is InChI=1S/C13H19N/c1-4-11-5-7-12(8-6-11)13(14)9-10(2)3/h5-8,13H,2,4,9,14H2,1,3H3/t13-/m1/s1. The number of nitrogens with two attached hydrogens (primary N) is 1. The lowest BCUT2D eigenvalue weighted by Gasteiger charge is -2.12. The zero-order chi connectivity index (χ0) is 10.6. The Morgan fingerprint density at radius 1 is 1.36 bits per heavy atom. The van der Waals surface area contributed by atoms with Gasteiger partial charge in [-0.3, -0.25) is 0 Å². The van der Waals surface area contributed by atoms with Crippen LogP contribution in [0.15, 0.2) is 36.4 Å². The van der Waals surface area contributed by atoms with E-state index in [0.717, 1.165) is 18.4 Å². The van der Waals surface area contributed by atoms with Gasteiger partial charge in [0.1, 0.15) is 0 Å². The van der Waals surface area contributed by atoms with Gasteiger partial charge in [-0.2, -0.15) is 0 Å². The van der Waals surface area contributed by atoms with E-state index in [1.807, 2.05) is 6.92 Å². The van der Waals surface area contributed by atoms with Gasteiger partial charge >= 0.3 is 0 Å². The first-order chi connectivity index (χ1) is 6.63. The Morgan fingerprint density at radius 2 is 1.93 bits per heavy atom. The molecule has 0 unspecified atom stereocenters. The summed E-state index contributed by atoms with van der Waals surface area (Å²) in [5.74, 6) is 0. The third-order valence-electron chi connectivity index (χ3n) is 2.38. The van der Waals surface area contributed by atoms with E-state index in [-0.39, 0.29) is 6.04 Å². The molecule has 0 fully saturated rings. The van der Waals surface area contributed by atoms with Crippen molar-refractivity contribution in [1.82, 2.24) is 0 Å². The second kappa shape index (κ2) is 4.97. The van der Waals surface area contributed by atoms with E-state index in [0.29, 0.717) is 0 Å². The molecule has 0 radical (unpaired) electrons. The zero-order valence-corrected chi connectivity index (χ0v) is 9.09. The smallest absolute Gasteiger partial charge is 0.0332 e. The lowest BCUT2D eigenvalue weighted by atomic mass is 10.00. The van der Waals surface area contributed by atoms with Crippen LogP contribution < -0.4 is 5.73 Å². The van der Waals surface area contributed by atoms with E-state index in [4.69, 9.17) is 5.73 Å². The molecule has 0 aliphatic rings. The summed E-state index contributed by atoms with van der Waals surface area (Å²) in [6, 6.07) is 8.62. The van der Waals surface area contributed by atoms with Crippen molar-refractivity contribution >= 4 is 0 Å². The molecule has 76 valence electrons. The Hall–Kier alpha value is -1.08. The summed E-state index contributed by atoms with van der Waals surface area (Å²) in [5, 5.41) is 0. The third-order valence-corrected chi connectivity index (χ3v) is 2.38. The van der Waals surface area contributed by atoms with Crippen LogP contribution in [0.4, 0.5) is 0 Å². The molecule has 0 heterocycles.